The number of aromatic nitrogens is 6. The Morgan fingerprint density at radius 1 is 1.08 bits per heavy atom. The van der Waals surface area contributed by atoms with Crippen LogP contribution in [0.1, 0.15) is 32.1 Å². The molecule has 2 N–H and O–H groups in total. The molecule has 7 heteroatoms. The quantitative estimate of drug-likeness (QED) is 0.554. The zero-order chi connectivity index (χ0) is 17.9. The predicted molar refractivity (Wildman–Crippen MR) is 102 cm³/mol. The van der Waals surface area contributed by atoms with Crippen molar-refractivity contribution < 1.29 is 0 Å². The largest absolute Gasteiger partial charge is 0.358 e. The third-order valence-corrected chi connectivity index (χ3v) is 4.47. The van der Waals surface area contributed by atoms with E-state index in [0.29, 0.717) is 0 Å². The molecule has 4 rings (SSSR count). The summed E-state index contributed by atoms with van der Waals surface area (Å²) in [6.45, 7) is 5.01. The highest BCUT2D eigenvalue weighted by atomic mass is 15.2. The molecule has 0 radical (unpaired) electrons. The summed E-state index contributed by atoms with van der Waals surface area (Å²) in [6, 6.07) is 10.2. The van der Waals surface area contributed by atoms with E-state index in [4.69, 9.17) is 0 Å². The van der Waals surface area contributed by atoms with E-state index in [9.17, 15) is 0 Å². The summed E-state index contributed by atoms with van der Waals surface area (Å²) in [4.78, 5) is 21.2. The minimum Gasteiger partial charge on any atom is -0.358 e. The van der Waals surface area contributed by atoms with Crippen LogP contribution in [-0.4, -0.2) is 29.5 Å². The molecule has 0 bridgehead atoms. The zero-order valence-corrected chi connectivity index (χ0v) is 14.8. The van der Waals surface area contributed by atoms with Crippen molar-refractivity contribution in [3.05, 3.63) is 55.0 Å². The lowest BCUT2D eigenvalue weighted by Gasteiger charge is -2.15. The molecule has 1 unspecified atom stereocenters. The second-order valence-corrected chi connectivity index (χ2v) is 6.08. The molecule has 0 saturated carbocycles. The molecule has 1 atom stereocenters. The summed E-state index contributed by atoms with van der Waals surface area (Å²) in [5.74, 6) is 1.61. The highest BCUT2D eigenvalue weighted by Crippen LogP contribution is 2.25. The van der Waals surface area contributed by atoms with Gasteiger partial charge in [0.25, 0.3) is 0 Å². The minimum absolute atomic E-state index is 0.0114. The van der Waals surface area contributed by atoms with Gasteiger partial charge in [0.1, 0.15) is 17.7 Å². The van der Waals surface area contributed by atoms with Gasteiger partial charge in [-0.3, -0.25) is 0 Å². The van der Waals surface area contributed by atoms with E-state index in [0.717, 1.165) is 47.0 Å². The van der Waals surface area contributed by atoms with Crippen LogP contribution in [0.25, 0.3) is 22.4 Å². The van der Waals surface area contributed by atoms with Crippen LogP contribution in [0.4, 0.5) is 5.82 Å². The van der Waals surface area contributed by atoms with Crippen molar-refractivity contribution in [2.24, 2.45) is 0 Å². The van der Waals surface area contributed by atoms with Crippen molar-refractivity contribution in [3.63, 3.8) is 0 Å². The van der Waals surface area contributed by atoms with Crippen molar-refractivity contribution in [2.75, 3.05) is 5.32 Å². The van der Waals surface area contributed by atoms with Crippen LogP contribution in [0.3, 0.4) is 0 Å². The van der Waals surface area contributed by atoms with Crippen LogP contribution in [0, 0.1) is 0 Å². The number of fused-ring (bicyclic) bond motifs is 1. The number of H-pyrrole nitrogens is 1. The summed E-state index contributed by atoms with van der Waals surface area (Å²) in [7, 11) is 0. The number of nitrogens with zero attached hydrogens (tertiary/aromatic N) is 5. The molecule has 0 saturated heterocycles. The Labute approximate surface area is 151 Å². The van der Waals surface area contributed by atoms with Gasteiger partial charge in [-0.15, -0.1) is 0 Å². The maximum atomic E-state index is 4.57. The normalized spacial score (nSPS) is 12.4. The highest BCUT2D eigenvalue weighted by Gasteiger charge is 2.17. The van der Waals surface area contributed by atoms with E-state index in [1.54, 1.807) is 12.7 Å². The van der Waals surface area contributed by atoms with Gasteiger partial charge >= 0.3 is 0 Å². The number of anilines is 1. The Morgan fingerprint density at radius 3 is 2.69 bits per heavy atom. The molecular weight excluding hydrogens is 326 g/mol. The van der Waals surface area contributed by atoms with Gasteiger partial charge in [-0.2, -0.15) is 0 Å². The molecule has 26 heavy (non-hydrogen) atoms. The first kappa shape index (κ1) is 16.3. The number of aromatic amines is 1. The van der Waals surface area contributed by atoms with Crippen LogP contribution in [0.5, 0.6) is 0 Å². The van der Waals surface area contributed by atoms with Crippen molar-refractivity contribution in [2.45, 2.75) is 32.9 Å². The molecule has 0 fully saturated rings. The van der Waals surface area contributed by atoms with E-state index < -0.39 is 0 Å². The van der Waals surface area contributed by atoms with E-state index in [1.165, 1.54) is 0 Å². The first-order valence-electron chi connectivity index (χ1n) is 8.82. The Morgan fingerprint density at radius 2 is 1.92 bits per heavy atom. The Bertz CT molecular complexity index is 1000. The lowest BCUT2D eigenvalue weighted by atomic mass is 10.2. The van der Waals surface area contributed by atoms with Gasteiger partial charge in [0.15, 0.2) is 11.5 Å². The van der Waals surface area contributed by atoms with Crippen LogP contribution in [0.2, 0.25) is 0 Å². The fraction of sp³-hybridized carbons (Fsp3) is 0.263. The van der Waals surface area contributed by atoms with Gasteiger partial charge in [0, 0.05) is 6.54 Å². The fourth-order valence-corrected chi connectivity index (χ4v) is 3.02. The molecule has 3 aromatic heterocycles. The third kappa shape index (κ3) is 2.92. The average Bonchev–Trinajstić information content (AvgIpc) is 3.34. The van der Waals surface area contributed by atoms with E-state index >= 15 is 0 Å². The summed E-state index contributed by atoms with van der Waals surface area (Å²) in [6.07, 6.45) is 6.10. The molecule has 7 nitrogen and oxygen atoms in total. The predicted octanol–water partition coefficient (Wildman–Crippen LogP) is 3.80. The molecule has 4 aromatic rings. The Balaban J connectivity index is 1.63. The molecule has 0 spiro atoms. The number of aryl methyl sites for hydroxylation is 1. The first-order chi connectivity index (χ1) is 12.8. The lowest BCUT2D eigenvalue weighted by molar-refractivity contribution is 0.701. The van der Waals surface area contributed by atoms with Gasteiger partial charge in [-0.25, -0.2) is 19.9 Å². The molecule has 0 aliphatic heterocycles. The summed E-state index contributed by atoms with van der Waals surface area (Å²) in [5.41, 5.74) is 3.74. The molecule has 3 heterocycles. The Kier molecular flexibility index (Phi) is 4.35. The van der Waals surface area contributed by atoms with E-state index in [1.807, 2.05) is 29.0 Å². The van der Waals surface area contributed by atoms with Gasteiger partial charge in [0.2, 0.25) is 0 Å². The lowest BCUT2D eigenvalue weighted by Crippen LogP contribution is -2.13. The van der Waals surface area contributed by atoms with Crippen molar-refractivity contribution in [1.82, 2.24) is 29.5 Å². The third-order valence-electron chi connectivity index (χ3n) is 4.47. The molecule has 0 amide bonds. The molecule has 132 valence electrons. The summed E-state index contributed by atoms with van der Waals surface area (Å²) in [5, 5.41) is 3.47. The maximum Gasteiger partial charge on any atom is 0.165 e. The molecular formula is C19H21N7. The van der Waals surface area contributed by atoms with E-state index in [2.05, 4.69) is 56.2 Å². The topological polar surface area (TPSA) is 84.3 Å². The average molecular weight is 347 g/mol. The number of hydrogen-bond acceptors (Lipinski definition) is 5. The molecule has 1 aromatic carbocycles. The summed E-state index contributed by atoms with van der Waals surface area (Å²) < 4.78 is 2.00. The minimum atomic E-state index is 0.0114. The molecule has 0 aliphatic carbocycles. The van der Waals surface area contributed by atoms with Crippen LogP contribution < -0.4 is 5.32 Å². The van der Waals surface area contributed by atoms with Crippen LogP contribution in [0.15, 0.2) is 49.2 Å². The van der Waals surface area contributed by atoms with Gasteiger partial charge in [0.05, 0.1) is 24.3 Å². The van der Waals surface area contributed by atoms with Crippen molar-refractivity contribution >= 4 is 17.0 Å². The molecule has 0 aliphatic rings. The highest BCUT2D eigenvalue weighted by molar-refractivity contribution is 5.82. The Hall–Kier alpha value is -3.22. The van der Waals surface area contributed by atoms with Gasteiger partial charge in [-0.1, -0.05) is 37.3 Å². The maximum absolute atomic E-state index is 4.57. The fourth-order valence-electron chi connectivity index (χ4n) is 3.02. The van der Waals surface area contributed by atoms with Gasteiger partial charge in [-0.05, 0) is 18.9 Å². The monoisotopic (exact) mass is 347 g/mol. The number of benzene rings is 1. The number of rotatable bonds is 6. The summed E-state index contributed by atoms with van der Waals surface area (Å²) >= 11 is 0. The number of imidazole rings is 2. The second-order valence-electron chi connectivity index (χ2n) is 6.08. The van der Waals surface area contributed by atoms with Crippen molar-refractivity contribution in [3.8, 4) is 11.3 Å². The van der Waals surface area contributed by atoms with Crippen molar-refractivity contribution in [1.29, 1.82) is 0 Å². The number of hydrogen-bond donors (Lipinski definition) is 2. The standard InChI is InChI=1S/C19H21N7/c1-3-14(17-20-10-15(25-17)13-8-6-5-7-9-13)24-18-16-19(22-11-21-18)26(4-2)12-23-16/h5-12,14H,3-4H2,1-2H3,(H,20,25)(H,21,22,24). The van der Waals surface area contributed by atoms with Crippen LogP contribution in [-0.2, 0) is 6.54 Å². The van der Waals surface area contributed by atoms with Crippen LogP contribution >= 0.6 is 0 Å². The number of nitrogens with one attached hydrogen (secondary N) is 2. The van der Waals surface area contributed by atoms with Gasteiger partial charge < -0.3 is 14.9 Å². The van der Waals surface area contributed by atoms with E-state index in [-0.39, 0.29) is 6.04 Å². The first-order valence-corrected chi connectivity index (χ1v) is 8.82. The SMILES string of the molecule is CCC(Nc1ncnc2c1ncn2CC)c1ncc(-c2ccccc2)[nH]1. The smallest absolute Gasteiger partial charge is 0.165 e. The second kappa shape index (κ2) is 6.95. The zero-order valence-electron chi connectivity index (χ0n) is 14.8.